The first-order valence-corrected chi connectivity index (χ1v) is 14.1. The molecule has 1 N–H and O–H groups in total. The van der Waals surface area contributed by atoms with Gasteiger partial charge in [-0.3, -0.25) is 14.2 Å². The molecule has 0 unspecified atom stereocenters. The Morgan fingerprint density at radius 1 is 0.950 bits per heavy atom. The predicted octanol–water partition coefficient (Wildman–Crippen LogP) is 6.05. The zero-order valence-electron chi connectivity index (χ0n) is 24.8. The summed E-state index contributed by atoms with van der Waals surface area (Å²) in [6.45, 7) is 15.9. The minimum Gasteiger partial charge on any atom is -0.492 e. The molecule has 0 saturated carbocycles. The van der Waals surface area contributed by atoms with E-state index in [1.165, 1.54) is 0 Å². The van der Waals surface area contributed by atoms with E-state index in [-0.39, 0.29) is 18.0 Å². The number of ether oxygens (including phenoxy) is 1. The summed E-state index contributed by atoms with van der Waals surface area (Å²) in [7, 11) is 1.91. The van der Waals surface area contributed by atoms with E-state index in [0.29, 0.717) is 17.9 Å². The smallest absolute Gasteiger partial charge is 0.252 e. The van der Waals surface area contributed by atoms with E-state index in [9.17, 15) is 4.79 Å². The fraction of sp³-hybridized carbons (Fsp3) is 0.406. The van der Waals surface area contributed by atoms with Crippen LogP contribution in [0, 0.1) is 6.92 Å². The zero-order chi connectivity index (χ0) is 28.8. The van der Waals surface area contributed by atoms with Crippen molar-refractivity contribution >= 4 is 5.91 Å². The maximum absolute atomic E-state index is 13.5. The zero-order valence-corrected chi connectivity index (χ0v) is 24.8. The quantitative estimate of drug-likeness (QED) is 0.236. The second-order valence-electron chi connectivity index (χ2n) is 10.6. The molecular formula is C32H42N6O2. The highest BCUT2D eigenvalue weighted by Crippen LogP contribution is 2.31. The van der Waals surface area contributed by atoms with Crippen LogP contribution in [0.1, 0.15) is 68.2 Å². The van der Waals surface area contributed by atoms with Crippen LogP contribution in [-0.2, 0) is 7.05 Å². The van der Waals surface area contributed by atoms with E-state index in [1.54, 1.807) is 4.68 Å². The second kappa shape index (κ2) is 13.0. The third-order valence-corrected chi connectivity index (χ3v) is 7.33. The predicted molar refractivity (Wildman–Crippen MR) is 161 cm³/mol. The number of nitrogens with zero attached hydrogens (tertiary/aromatic N) is 5. The van der Waals surface area contributed by atoms with Gasteiger partial charge in [0.05, 0.1) is 18.4 Å². The highest BCUT2D eigenvalue weighted by molar-refractivity contribution is 5.96. The third kappa shape index (κ3) is 6.99. The van der Waals surface area contributed by atoms with Gasteiger partial charge in [0, 0.05) is 48.7 Å². The number of rotatable bonds is 12. The molecule has 4 aromatic rings. The number of hydrogen-bond acceptors (Lipinski definition) is 5. The minimum absolute atomic E-state index is 0.125. The van der Waals surface area contributed by atoms with Gasteiger partial charge in [-0.25, -0.2) is 0 Å². The number of aromatic nitrogens is 4. The molecule has 8 nitrogen and oxygen atoms in total. The summed E-state index contributed by atoms with van der Waals surface area (Å²) in [5.41, 5.74) is 6.67. The van der Waals surface area contributed by atoms with Crippen LogP contribution in [0.25, 0.3) is 22.3 Å². The number of nitrogens with one attached hydrogen (secondary N) is 1. The topological polar surface area (TPSA) is 77.2 Å². The SMILES string of the molecule is CCN(CC)CCOc1ccc(C)c(C(=O)N[C@H](C)c2cc(-c3cnn(C)c3)cc(-c3cnn(C(C)C)c3)c2)c1. The molecule has 0 spiro atoms. The Bertz CT molecular complexity index is 1430. The largest absolute Gasteiger partial charge is 0.492 e. The van der Waals surface area contributed by atoms with Crippen molar-refractivity contribution in [2.45, 2.75) is 53.6 Å². The van der Waals surface area contributed by atoms with E-state index in [2.05, 4.69) is 72.5 Å². The molecule has 0 aliphatic carbocycles. The van der Waals surface area contributed by atoms with Crippen LogP contribution in [-0.4, -0.2) is 56.6 Å². The van der Waals surface area contributed by atoms with Crippen molar-refractivity contribution in [3.63, 3.8) is 0 Å². The molecule has 0 saturated heterocycles. The van der Waals surface area contributed by atoms with Crippen LogP contribution in [0.15, 0.2) is 61.2 Å². The molecule has 40 heavy (non-hydrogen) atoms. The molecule has 2 aromatic heterocycles. The molecule has 1 amide bonds. The number of likely N-dealkylation sites (N-methyl/N-ethyl adjacent to an activating group) is 1. The Morgan fingerprint density at radius 2 is 1.62 bits per heavy atom. The first-order chi connectivity index (χ1) is 19.2. The van der Waals surface area contributed by atoms with Crippen LogP contribution < -0.4 is 10.1 Å². The molecule has 0 aliphatic rings. The summed E-state index contributed by atoms with van der Waals surface area (Å²) in [6, 6.07) is 12.2. The van der Waals surface area contributed by atoms with Gasteiger partial charge < -0.3 is 15.0 Å². The van der Waals surface area contributed by atoms with E-state index < -0.39 is 0 Å². The van der Waals surface area contributed by atoms with E-state index in [1.807, 2.05) is 62.4 Å². The number of benzene rings is 2. The van der Waals surface area contributed by atoms with Crippen LogP contribution in [0.5, 0.6) is 5.75 Å². The van der Waals surface area contributed by atoms with Gasteiger partial charge in [-0.05, 0) is 93.4 Å². The summed E-state index contributed by atoms with van der Waals surface area (Å²) < 4.78 is 9.74. The summed E-state index contributed by atoms with van der Waals surface area (Å²) in [5.74, 6) is 0.582. The van der Waals surface area contributed by atoms with Crippen LogP contribution in [0.4, 0.5) is 0 Å². The minimum atomic E-state index is -0.227. The van der Waals surface area contributed by atoms with Crippen molar-refractivity contribution in [2.75, 3.05) is 26.2 Å². The average Bonchev–Trinajstić information content (AvgIpc) is 3.61. The number of hydrogen-bond donors (Lipinski definition) is 1. The second-order valence-corrected chi connectivity index (χ2v) is 10.6. The Morgan fingerprint density at radius 3 is 2.23 bits per heavy atom. The fourth-order valence-corrected chi connectivity index (χ4v) is 4.70. The van der Waals surface area contributed by atoms with Crippen molar-refractivity contribution in [3.8, 4) is 28.0 Å². The van der Waals surface area contributed by atoms with Gasteiger partial charge in [-0.1, -0.05) is 19.9 Å². The van der Waals surface area contributed by atoms with Crippen LogP contribution in [0.2, 0.25) is 0 Å². The summed E-state index contributed by atoms with van der Waals surface area (Å²) in [4.78, 5) is 15.8. The normalized spacial score (nSPS) is 12.2. The van der Waals surface area contributed by atoms with E-state index in [4.69, 9.17) is 4.74 Å². The van der Waals surface area contributed by atoms with Gasteiger partial charge in [0.1, 0.15) is 12.4 Å². The van der Waals surface area contributed by atoms with E-state index >= 15 is 0 Å². The molecule has 2 heterocycles. The first-order valence-electron chi connectivity index (χ1n) is 14.1. The summed E-state index contributed by atoms with van der Waals surface area (Å²) in [5, 5.41) is 12.1. The molecule has 0 bridgehead atoms. The lowest BCUT2D eigenvalue weighted by Crippen LogP contribution is -2.28. The van der Waals surface area contributed by atoms with Gasteiger partial charge in [-0.15, -0.1) is 0 Å². The lowest BCUT2D eigenvalue weighted by molar-refractivity contribution is 0.0938. The number of amides is 1. The standard InChI is InChI=1S/C32H42N6O2/c1-8-37(9-2)12-13-40-30-11-10-23(5)31(17-30)32(39)35-24(6)25-14-26(28-18-33-36(7)20-28)16-27(15-25)29-19-34-38(21-29)22(3)4/h10-11,14-22,24H,8-9,12-13H2,1-7H3,(H,35,39)/t24-/m1/s1. The highest BCUT2D eigenvalue weighted by Gasteiger charge is 2.17. The highest BCUT2D eigenvalue weighted by atomic mass is 16.5. The Labute approximate surface area is 238 Å². The fourth-order valence-electron chi connectivity index (χ4n) is 4.70. The van der Waals surface area contributed by atoms with Gasteiger partial charge >= 0.3 is 0 Å². The molecule has 0 radical (unpaired) electrons. The van der Waals surface area contributed by atoms with Crippen molar-refractivity contribution < 1.29 is 9.53 Å². The van der Waals surface area contributed by atoms with Crippen molar-refractivity contribution in [2.24, 2.45) is 7.05 Å². The van der Waals surface area contributed by atoms with Crippen LogP contribution in [0.3, 0.4) is 0 Å². The van der Waals surface area contributed by atoms with Gasteiger partial charge in [0.2, 0.25) is 0 Å². The maximum atomic E-state index is 13.5. The third-order valence-electron chi connectivity index (χ3n) is 7.33. The summed E-state index contributed by atoms with van der Waals surface area (Å²) >= 11 is 0. The van der Waals surface area contributed by atoms with Crippen molar-refractivity contribution in [3.05, 3.63) is 77.9 Å². The maximum Gasteiger partial charge on any atom is 0.252 e. The molecule has 4 rings (SSSR count). The van der Waals surface area contributed by atoms with Gasteiger partial charge in [0.25, 0.3) is 5.91 Å². The molecule has 212 valence electrons. The van der Waals surface area contributed by atoms with Gasteiger partial charge in [-0.2, -0.15) is 10.2 Å². The number of carbonyl (C=O) groups is 1. The van der Waals surface area contributed by atoms with Gasteiger partial charge in [0.15, 0.2) is 0 Å². The van der Waals surface area contributed by atoms with Crippen LogP contribution >= 0.6 is 0 Å². The molecule has 8 heteroatoms. The Hall–Kier alpha value is -3.91. The average molecular weight is 543 g/mol. The van der Waals surface area contributed by atoms with Crippen molar-refractivity contribution in [1.82, 2.24) is 29.8 Å². The number of aryl methyl sites for hydroxylation is 2. The number of carbonyl (C=O) groups excluding carboxylic acids is 1. The summed E-state index contributed by atoms with van der Waals surface area (Å²) in [6.07, 6.45) is 7.82. The Balaban J connectivity index is 1.57. The monoisotopic (exact) mass is 542 g/mol. The molecule has 2 aromatic carbocycles. The molecular weight excluding hydrogens is 500 g/mol. The lowest BCUT2D eigenvalue weighted by atomic mass is 9.96. The lowest BCUT2D eigenvalue weighted by Gasteiger charge is -2.19. The molecule has 0 aliphatic heterocycles. The first kappa shape index (κ1) is 29.1. The van der Waals surface area contributed by atoms with Crippen molar-refractivity contribution in [1.29, 1.82) is 0 Å². The molecule has 0 fully saturated rings. The molecule has 1 atom stereocenters. The van der Waals surface area contributed by atoms with E-state index in [0.717, 1.165) is 53.0 Å². The Kier molecular flexibility index (Phi) is 9.42.